The van der Waals surface area contributed by atoms with E-state index in [-0.39, 0.29) is 10.8 Å². The molecule has 6 aromatic carbocycles. The average Bonchev–Trinajstić information content (AvgIpc) is 3.16. The molecular formula is C49H51O4P. The van der Waals surface area contributed by atoms with Gasteiger partial charge in [0.1, 0.15) is 11.5 Å². The summed E-state index contributed by atoms with van der Waals surface area (Å²) in [5.41, 5.74) is 8.07. The van der Waals surface area contributed by atoms with E-state index in [0.717, 1.165) is 44.5 Å². The number of phosphoric ester groups is 1. The standard InChI is InChI=1S/C49H51O4P/c1-46(2,36-21-13-9-14-22-36)40-30-34-29-35-31-41(47(3,4)37-23-15-10-16-24-37)33-43(49(7,8)39-27-19-12-20-28-39)45(35)53-54(50,51)52-44(34)42(32-40)48(5,6)38-25-17-11-18-26-38/h9-28,30-33H,29H2,1-8H3,(H,50,51). The van der Waals surface area contributed by atoms with Gasteiger partial charge in [0.2, 0.25) is 0 Å². The maximum absolute atomic E-state index is 14.5. The summed E-state index contributed by atoms with van der Waals surface area (Å²) in [5.74, 6) is 0.786. The highest BCUT2D eigenvalue weighted by Crippen LogP contribution is 2.56. The Morgan fingerprint density at radius 2 is 0.704 bits per heavy atom. The molecule has 0 aromatic heterocycles. The zero-order valence-corrected chi connectivity index (χ0v) is 33.6. The molecule has 54 heavy (non-hydrogen) atoms. The number of fused-ring (bicyclic) bond motifs is 2. The molecule has 0 atom stereocenters. The van der Waals surface area contributed by atoms with Crippen molar-refractivity contribution in [3.8, 4) is 11.5 Å². The topological polar surface area (TPSA) is 55.8 Å². The minimum absolute atomic E-state index is 0.389. The van der Waals surface area contributed by atoms with Crippen LogP contribution in [0.5, 0.6) is 11.5 Å². The third kappa shape index (κ3) is 6.83. The van der Waals surface area contributed by atoms with Gasteiger partial charge < -0.3 is 9.05 Å². The van der Waals surface area contributed by atoms with Crippen molar-refractivity contribution in [3.05, 3.63) is 201 Å². The van der Waals surface area contributed by atoms with Gasteiger partial charge in [-0.25, -0.2) is 4.57 Å². The van der Waals surface area contributed by atoms with Crippen LogP contribution in [-0.4, -0.2) is 4.89 Å². The van der Waals surface area contributed by atoms with E-state index in [9.17, 15) is 9.46 Å². The monoisotopic (exact) mass is 734 g/mol. The predicted molar refractivity (Wildman–Crippen MR) is 221 cm³/mol. The third-order valence-electron chi connectivity index (χ3n) is 11.9. The summed E-state index contributed by atoms with van der Waals surface area (Å²) >= 11 is 0. The molecule has 4 nitrogen and oxygen atoms in total. The predicted octanol–water partition coefficient (Wildman–Crippen LogP) is 12.5. The molecule has 0 amide bonds. The first-order chi connectivity index (χ1) is 25.5. The van der Waals surface area contributed by atoms with E-state index in [2.05, 4.69) is 152 Å². The summed E-state index contributed by atoms with van der Waals surface area (Å²) in [6, 6.07) is 50.3. The molecule has 1 aliphatic rings. The van der Waals surface area contributed by atoms with Gasteiger partial charge in [-0.05, 0) is 44.5 Å². The van der Waals surface area contributed by atoms with Gasteiger partial charge in [-0.1, -0.05) is 201 Å². The molecule has 1 heterocycles. The fraction of sp³-hybridized carbons (Fsp3) is 0.265. The van der Waals surface area contributed by atoms with Crippen LogP contribution >= 0.6 is 7.82 Å². The molecule has 1 aliphatic heterocycles. The Labute approximate surface area is 321 Å². The lowest BCUT2D eigenvalue weighted by Gasteiger charge is -2.37. The number of hydrogen-bond donors (Lipinski definition) is 1. The van der Waals surface area contributed by atoms with E-state index < -0.39 is 18.7 Å². The molecule has 0 radical (unpaired) electrons. The maximum Gasteiger partial charge on any atom is 0.584 e. The number of benzene rings is 6. The first-order valence-electron chi connectivity index (χ1n) is 18.8. The van der Waals surface area contributed by atoms with Crippen LogP contribution in [0.3, 0.4) is 0 Å². The van der Waals surface area contributed by atoms with Crippen LogP contribution in [0, 0.1) is 0 Å². The lowest BCUT2D eigenvalue weighted by molar-refractivity contribution is 0.282. The molecule has 0 aliphatic carbocycles. The minimum Gasteiger partial charge on any atom is -0.395 e. The quantitative estimate of drug-likeness (QED) is 0.158. The molecule has 7 rings (SSSR count). The fourth-order valence-electron chi connectivity index (χ4n) is 8.02. The molecule has 0 saturated carbocycles. The normalized spacial score (nSPS) is 14.5. The zero-order valence-electron chi connectivity index (χ0n) is 32.7. The van der Waals surface area contributed by atoms with Gasteiger partial charge in [0.05, 0.1) is 0 Å². The van der Waals surface area contributed by atoms with Gasteiger partial charge >= 0.3 is 7.82 Å². The van der Waals surface area contributed by atoms with E-state index >= 15 is 0 Å². The average molecular weight is 735 g/mol. The van der Waals surface area contributed by atoms with Crippen LogP contribution in [0.2, 0.25) is 0 Å². The summed E-state index contributed by atoms with van der Waals surface area (Å²) in [6.07, 6.45) is 0.428. The van der Waals surface area contributed by atoms with Crippen molar-refractivity contribution in [1.82, 2.24) is 0 Å². The highest BCUT2D eigenvalue weighted by molar-refractivity contribution is 7.48. The Hall–Kier alpha value is -4.89. The molecule has 0 bridgehead atoms. The third-order valence-corrected chi connectivity index (χ3v) is 12.7. The van der Waals surface area contributed by atoms with Gasteiger partial charge in [0.25, 0.3) is 0 Å². The van der Waals surface area contributed by atoms with Crippen LogP contribution in [0.15, 0.2) is 146 Å². The van der Waals surface area contributed by atoms with Crippen molar-refractivity contribution in [1.29, 1.82) is 0 Å². The van der Waals surface area contributed by atoms with Gasteiger partial charge in [-0.2, -0.15) is 0 Å². The van der Waals surface area contributed by atoms with Crippen LogP contribution in [-0.2, 0) is 32.6 Å². The van der Waals surface area contributed by atoms with Crippen molar-refractivity contribution >= 4 is 7.82 Å². The molecule has 0 saturated heterocycles. The van der Waals surface area contributed by atoms with E-state index in [1.807, 2.05) is 48.5 Å². The largest absolute Gasteiger partial charge is 0.584 e. The van der Waals surface area contributed by atoms with E-state index in [0.29, 0.717) is 17.9 Å². The molecule has 6 aromatic rings. The van der Waals surface area contributed by atoms with Crippen LogP contribution in [0.25, 0.3) is 0 Å². The Morgan fingerprint density at radius 3 is 1.00 bits per heavy atom. The number of phosphoric acid groups is 1. The minimum atomic E-state index is -4.73. The summed E-state index contributed by atoms with van der Waals surface area (Å²) < 4.78 is 27.1. The second-order valence-electron chi connectivity index (χ2n) is 16.8. The summed E-state index contributed by atoms with van der Waals surface area (Å²) in [4.78, 5) is 11.8. The second-order valence-corrected chi connectivity index (χ2v) is 18.1. The molecule has 0 unspecified atom stereocenters. The Morgan fingerprint density at radius 1 is 0.426 bits per heavy atom. The van der Waals surface area contributed by atoms with E-state index in [1.54, 1.807) is 0 Å². The van der Waals surface area contributed by atoms with Crippen LogP contribution in [0.4, 0.5) is 0 Å². The van der Waals surface area contributed by atoms with Crippen molar-refractivity contribution in [3.63, 3.8) is 0 Å². The molecule has 276 valence electrons. The first kappa shape index (κ1) is 37.4. The SMILES string of the molecule is CC(C)(c1ccccc1)c1cc2c(c(C(C)(C)c3ccccc3)c1)OP(=O)(O)Oc1c(cc(C(C)(C)c3ccccc3)cc1C(C)(C)c1ccccc1)C2. The van der Waals surface area contributed by atoms with Gasteiger partial charge in [0.15, 0.2) is 0 Å². The highest BCUT2D eigenvalue weighted by Gasteiger charge is 2.41. The van der Waals surface area contributed by atoms with E-state index in [1.165, 1.54) is 11.1 Å². The van der Waals surface area contributed by atoms with Gasteiger partial charge in [-0.3, -0.25) is 4.89 Å². The Kier molecular flexibility index (Phi) is 9.53. The molecule has 0 fully saturated rings. The summed E-state index contributed by atoms with van der Waals surface area (Å²) in [7, 11) is -4.73. The first-order valence-corrected chi connectivity index (χ1v) is 20.3. The van der Waals surface area contributed by atoms with E-state index in [4.69, 9.17) is 9.05 Å². The molecular weight excluding hydrogens is 684 g/mol. The number of hydrogen-bond acceptors (Lipinski definition) is 3. The molecule has 0 spiro atoms. The van der Waals surface area contributed by atoms with Crippen molar-refractivity contribution < 1.29 is 18.5 Å². The van der Waals surface area contributed by atoms with Crippen molar-refractivity contribution in [2.45, 2.75) is 83.5 Å². The van der Waals surface area contributed by atoms with Crippen LogP contribution in [0.1, 0.15) is 111 Å². The fourth-order valence-corrected chi connectivity index (χ4v) is 8.95. The molecule has 5 heteroatoms. The zero-order chi connectivity index (χ0) is 38.5. The highest BCUT2D eigenvalue weighted by atomic mass is 31.2. The second kappa shape index (κ2) is 13.8. The lowest BCUT2D eigenvalue weighted by atomic mass is 9.70. The van der Waals surface area contributed by atoms with Crippen molar-refractivity contribution in [2.75, 3.05) is 0 Å². The maximum atomic E-state index is 14.5. The van der Waals surface area contributed by atoms with Crippen molar-refractivity contribution in [2.24, 2.45) is 0 Å². The molecule has 1 N–H and O–H groups in total. The van der Waals surface area contributed by atoms with Gasteiger partial charge in [0, 0.05) is 39.2 Å². The summed E-state index contributed by atoms with van der Waals surface area (Å²) in [6.45, 7) is 17.6. The van der Waals surface area contributed by atoms with Gasteiger partial charge in [-0.15, -0.1) is 0 Å². The Bertz CT molecular complexity index is 2160. The number of rotatable bonds is 8. The Balaban J connectivity index is 1.54. The smallest absolute Gasteiger partial charge is 0.395 e. The van der Waals surface area contributed by atoms with Crippen LogP contribution < -0.4 is 9.05 Å². The lowest BCUT2D eigenvalue weighted by Crippen LogP contribution is -2.27. The summed E-state index contributed by atoms with van der Waals surface area (Å²) in [5, 5.41) is 0.